The van der Waals surface area contributed by atoms with Gasteiger partial charge in [0.2, 0.25) is 0 Å². The molecule has 7 nitrogen and oxygen atoms in total. The average Bonchev–Trinajstić information content (AvgIpc) is 3.26. The van der Waals surface area contributed by atoms with Gasteiger partial charge in [0.1, 0.15) is 24.7 Å². The van der Waals surface area contributed by atoms with Crippen molar-refractivity contribution in [3.05, 3.63) is 52.6 Å². The normalized spacial score (nSPS) is 30.1. The molecule has 0 aromatic heterocycles. The number of ether oxygens (including phenoxy) is 2. The number of hydrogen-bond acceptors (Lipinski definition) is 7. The first kappa shape index (κ1) is 26.1. The molecule has 1 aliphatic heterocycles. The van der Waals surface area contributed by atoms with Gasteiger partial charge in [0.25, 0.3) is 0 Å². The van der Waals surface area contributed by atoms with Crippen LogP contribution in [0.4, 0.5) is 0 Å². The van der Waals surface area contributed by atoms with Crippen molar-refractivity contribution in [1.29, 1.82) is 0 Å². The van der Waals surface area contributed by atoms with E-state index in [2.05, 4.69) is 13.8 Å². The number of aromatic hydroxyl groups is 1. The molecule has 0 spiro atoms. The molecule has 194 valence electrons. The molecule has 1 aromatic carbocycles. The van der Waals surface area contributed by atoms with E-state index in [0.717, 1.165) is 35.1 Å². The van der Waals surface area contributed by atoms with Gasteiger partial charge in [0.05, 0.1) is 11.5 Å². The van der Waals surface area contributed by atoms with Crippen LogP contribution in [0.2, 0.25) is 0 Å². The summed E-state index contributed by atoms with van der Waals surface area (Å²) in [7, 11) is 0. The number of aliphatic hydroxyl groups is 1. The molecular formula is C29H36O7. The van der Waals surface area contributed by atoms with E-state index in [9.17, 15) is 24.6 Å². The maximum absolute atomic E-state index is 13.2. The zero-order valence-electron chi connectivity index (χ0n) is 21.3. The van der Waals surface area contributed by atoms with Gasteiger partial charge in [-0.05, 0) is 79.2 Å². The summed E-state index contributed by atoms with van der Waals surface area (Å²) in [5, 5.41) is 20.6. The number of cyclic esters (lactones) is 1. The van der Waals surface area contributed by atoms with E-state index in [4.69, 9.17) is 9.47 Å². The third-order valence-corrected chi connectivity index (χ3v) is 8.59. The predicted octanol–water partition coefficient (Wildman–Crippen LogP) is 4.20. The quantitative estimate of drug-likeness (QED) is 0.410. The highest BCUT2D eigenvalue weighted by Crippen LogP contribution is 2.56. The number of allylic oxidation sites excluding steroid dienone is 1. The Morgan fingerprint density at radius 2 is 1.86 bits per heavy atom. The Kier molecular flexibility index (Phi) is 7.41. The number of phenolic OH excluding ortho intramolecular Hbond substituents is 1. The Labute approximate surface area is 212 Å². The second kappa shape index (κ2) is 10.2. The van der Waals surface area contributed by atoms with Crippen molar-refractivity contribution in [3.63, 3.8) is 0 Å². The highest BCUT2D eigenvalue weighted by Gasteiger charge is 2.52. The molecule has 0 saturated heterocycles. The molecule has 0 radical (unpaired) electrons. The summed E-state index contributed by atoms with van der Waals surface area (Å²) in [5.41, 5.74) is 2.39. The van der Waals surface area contributed by atoms with Crippen molar-refractivity contribution < 1.29 is 34.1 Å². The molecule has 2 N–H and O–H groups in total. The van der Waals surface area contributed by atoms with Crippen molar-refractivity contribution in [2.45, 2.75) is 71.8 Å². The zero-order valence-corrected chi connectivity index (χ0v) is 21.3. The molecule has 0 fully saturated rings. The van der Waals surface area contributed by atoms with E-state index >= 15 is 0 Å². The summed E-state index contributed by atoms with van der Waals surface area (Å²) in [4.78, 5) is 37.3. The highest BCUT2D eigenvalue weighted by atomic mass is 16.5. The molecule has 0 saturated carbocycles. The van der Waals surface area contributed by atoms with Gasteiger partial charge in [-0.2, -0.15) is 0 Å². The minimum absolute atomic E-state index is 0.0129. The van der Waals surface area contributed by atoms with Crippen LogP contribution >= 0.6 is 0 Å². The molecule has 0 bridgehead atoms. The number of aliphatic hydroxyl groups excluding tert-OH is 1. The van der Waals surface area contributed by atoms with E-state index in [-0.39, 0.29) is 41.9 Å². The van der Waals surface area contributed by atoms with E-state index in [1.807, 2.05) is 0 Å². The lowest BCUT2D eigenvalue weighted by Crippen LogP contribution is -2.49. The molecule has 0 amide bonds. The van der Waals surface area contributed by atoms with Crippen LogP contribution < -0.4 is 0 Å². The lowest BCUT2D eigenvalue weighted by atomic mass is 9.54. The van der Waals surface area contributed by atoms with E-state index in [0.29, 0.717) is 32.3 Å². The summed E-state index contributed by atoms with van der Waals surface area (Å²) >= 11 is 0. The molecule has 7 heteroatoms. The first-order chi connectivity index (χ1) is 17.0. The minimum atomic E-state index is -1.06. The minimum Gasteiger partial charge on any atom is -0.508 e. The lowest BCUT2D eigenvalue weighted by Gasteiger charge is -2.51. The Hall–Kier alpha value is -2.93. The number of rotatable bonds is 8. The van der Waals surface area contributed by atoms with Crippen LogP contribution in [0.25, 0.3) is 0 Å². The third-order valence-electron chi connectivity index (χ3n) is 8.59. The number of ketones is 1. The summed E-state index contributed by atoms with van der Waals surface area (Å²) in [6, 6.07) is 6.67. The second-order valence-electron chi connectivity index (χ2n) is 11.0. The smallest absolute Gasteiger partial charge is 0.331 e. The van der Waals surface area contributed by atoms with Gasteiger partial charge < -0.3 is 19.7 Å². The number of carbonyl (C=O) groups is 3. The first-order valence-electron chi connectivity index (χ1n) is 12.8. The monoisotopic (exact) mass is 496 g/mol. The van der Waals surface area contributed by atoms with Gasteiger partial charge in [0, 0.05) is 18.9 Å². The number of hydrogen-bond donors (Lipinski definition) is 2. The number of phenols is 1. The number of esters is 2. The molecule has 1 heterocycles. The molecule has 1 aromatic rings. The van der Waals surface area contributed by atoms with Gasteiger partial charge >= 0.3 is 11.9 Å². The maximum atomic E-state index is 13.2. The van der Waals surface area contributed by atoms with Crippen molar-refractivity contribution in [3.8, 4) is 5.75 Å². The average molecular weight is 497 g/mol. The Balaban J connectivity index is 1.51. The predicted molar refractivity (Wildman–Crippen MR) is 133 cm³/mol. The van der Waals surface area contributed by atoms with Gasteiger partial charge in [-0.3, -0.25) is 9.59 Å². The van der Waals surface area contributed by atoms with Crippen LogP contribution in [-0.2, 0) is 30.3 Å². The molecule has 2 aliphatic carbocycles. The topological polar surface area (TPSA) is 110 Å². The molecule has 4 rings (SSSR count). The standard InChI is InChI=1S/C29H36O7/c1-18-14-23(31)27-22(28(18,2)13-12-20-15-26(34)35-16-20)9-10-24(32)29(27,3)17-36-25(33)11-6-19-4-7-21(30)8-5-19/h4-5,7-8,15,18,23,30-31H,6,9-14,16-17H2,1-3H3. The molecule has 4 unspecified atom stereocenters. The van der Waals surface area contributed by atoms with Crippen LogP contribution in [-0.4, -0.2) is 47.3 Å². The Bertz CT molecular complexity index is 1100. The summed E-state index contributed by atoms with van der Waals surface area (Å²) < 4.78 is 10.7. The Morgan fingerprint density at radius 1 is 1.14 bits per heavy atom. The van der Waals surface area contributed by atoms with E-state index < -0.39 is 17.5 Å². The van der Waals surface area contributed by atoms with Crippen molar-refractivity contribution in [2.24, 2.45) is 16.7 Å². The summed E-state index contributed by atoms with van der Waals surface area (Å²) in [6.07, 6.45) is 4.41. The third kappa shape index (κ3) is 5.12. The molecule has 4 atom stereocenters. The van der Waals surface area contributed by atoms with Gasteiger partial charge in [-0.1, -0.05) is 31.6 Å². The fourth-order valence-corrected chi connectivity index (χ4v) is 6.04. The van der Waals surface area contributed by atoms with Crippen molar-refractivity contribution >= 4 is 17.7 Å². The largest absolute Gasteiger partial charge is 0.508 e. The number of Topliss-reactive ketones (excluding diaryl/α,β-unsaturated/α-hetero) is 1. The summed E-state index contributed by atoms with van der Waals surface area (Å²) in [6.45, 7) is 6.36. The van der Waals surface area contributed by atoms with Gasteiger partial charge in [-0.15, -0.1) is 0 Å². The van der Waals surface area contributed by atoms with Crippen LogP contribution in [0.5, 0.6) is 5.75 Å². The molecule has 36 heavy (non-hydrogen) atoms. The molecular weight excluding hydrogens is 460 g/mol. The van der Waals surface area contributed by atoms with E-state index in [1.54, 1.807) is 37.3 Å². The number of carbonyl (C=O) groups excluding carboxylic acids is 3. The number of aryl methyl sites for hydroxylation is 1. The van der Waals surface area contributed by atoms with Gasteiger partial charge in [0.15, 0.2) is 0 Å². The fraction of sp³-hybridized carbons (Fsp3) is 0.552. The van der Waals surface area contributed by atoms with Crippen LogP contribution in [0, 0.1) is 16.7 Å². The number of benzene rings is 1. The summed E-state index contributed by atoms with van der Waals surface area (Å²) in [5.74, 6) is -0.353. The van der Waals surface area contributed by atoms with Crippen LogP contribution in [0.1, 0.15) is 64.9 Å². The highest BCUT2D eigenvalue weighted by molar-refractivity contribution is 5.90. The fourth-order valence-electron chi connectivity index (χ4n) is 6.04. The maximum Gasteiger partial charge on any atom is 0.331 e. The SMILES string of the molecule is CC1CC(O)C2=C(CCC(=O)C2(C)COC(=O)CCc2ccc(O)cc2)C1(C)CCC1=CC(=O)OC1. The zero-order chi connectivity index (χ0) is 26.1. The first-order valence-corrected chi connectivity index (χ1v) is 12.8. The van der Waals surface area contributed by atoms with Crippen molar-refractivity contribution in [2.75, 3.05) is 13.2 Å². The van der Waals surface area contributed by atoms with Crippen molar-refractivity contribution in [1.82, 2.24) is 0 Å². The van der Waals surface area contributed by atoms with Crippen LogP contribution in [0.3, 0.4) is 0 Å². The van der Waals surface area contributed by atoms with E-state index in [1.165, 1.54) is 0 Å². The lowest BCUT2D eigenvalue weighted by molar-refractivity contribution is -0.149. The molecule has 3 aliphatic rings. The van der Waals surface area contributed by atoms with Gasteiger partial charge in [-0.25, -0.2) is 4.79 Å². The Morgan fingerprint density at radius 3 is 2.53 bits per heavy atom. The second-order valence-corrected chi connectivity index (χ2v) is 11.0. The van der Waals surface area contributed by atoms with Crippen LogP contribution in [0.15, 0.2) is 47.1 Å².